The first-order chi connectivity index (χ1) is 12.8. The third-order valence-electron chi connectivity index (χ3n) is 4.45. The minimum atomic E-state index is -3.70. The van der Waals surface area contributed by atoms with Crippen molar-refractivity contribution in [1.29, 1.82) is 0 Å². The highest BCUT2D eigenvalue weighted by Crippen LogP contribution is 2.36. The number of halogens is 1. The number of hydrogen-bond donors (Lipinski definition) is 0. The van der Waals surface area contributed by atoms with Crippen LogP contribution in [0.3, 0.4) is 0 Å². The molecule has 1 heterocycles. The molecule has 1 atom stereocenters. The highest BCUT2D eigenvalue weighted by atomic mass is 32.2. The number of nitrogens with zero attached hydrogens (tertiary/aromatic N) is 1. The van der Waals surface area contributed by atoms with E-state index in [0.717, 1.165) is 0 Å². The molecule has 0 saturated carbocycles. The SMILES string of the molecule is CC(C)OC(=O)CC1CN(Cc2ccc(F)cc2)S(=O)(=O)c2ccccc21. The molecule has 1 unspecified atom stereocenters. The van der Waals surface area contributed by atoms with Gasteiger partial charge in [-0.2, -0.15) is 4.31 Å². The third kappa shape index (κ3) is 4.36. The zero-order chi connectivity index (χ0) is 19.6. The van der Waals surface area contributed by atoms with E-state index < -0.39 is 10.0 Å². The van der Waals surface area contributed by atoms with E-state index in [0.29, 0.717) is 11.1 Å². The first kappa shape index (κ1) is 19.5. The van der Waals surface area contributed by atoms with Crippen LogP contribution in [0.15, 0.2) is 53.4 Å². The molecule has 7 heteroatoms. The molecule has 1 aliphatic rings. The van der Waals surface area contributed by atoms with Gasteiger partial charge in [-0.15, -0.1) is 0 Å². The maximum atomic E-state index is 13.1. The van der Waals surface area contributed by atoms with Crippen molar-refractivity contribution >= 4 is 16.0 Å². The van der Waals surface area contributed by atoms with Gasteiger partial charge in [0.1, 0.15) is 5.82 Å². The van der Waals surface area contributed by atoms with Crippen LogP contribution in [0.25, 0.3) is 0 Å². The van der Waals surface area contributed by atoms with Gasteiger partial charge in [0.15, 0.2) is 0 Å². The van der Waals surface area contributed by atoms with Crippen LogP contribution in [-0.2, 0) is 26.1 Å². The summed E-state index contributed by atoms with van der Waals surface area (Å²) in [5.41, 5.74) is 1.32. The maximum absolute atomic E-state index is 13.1. The Labute approximate surface area is 158 Å². The Morgan fingerprint density at radius 1 is 1.19 bits per heavy atom. The molecule has 2 aromatic rings. The molecule has 0 aromatic heterocycles. The lowest BCUT2D eigenvalue weighted by Crippen LogP contribution is -2.40. The Morgan fingerprint density at radius 3 is 2.52 bits per heavy atom. The molecular formula is C20H22FNO4S. The molecule has 0 bridgehead atoms. The Balaban J connectivity index is 1.91. The maximum Gasteiger partial charge on any atom is 0.306 e. The Bertz CT molecular complexity index is 925. The number of hydrogen-bond acceptors (Lipinski definition) is 4. The lowest BCUT2D eigenvalue weighted by molar-refractivity contribution is -0.147. The van der Waals surface area contributed by atoms with E-state index >= 15 is 0 Å². The van der Waals surface area contributed by atoms with E-state index in [9.17, 15) is 17.6 Å². The van der Waals surface area contributed by atoms with E-state index in [1.165, 1.54) is 16.4 Å². The molecule has 5 nitrogen and oxygen atoms in total. The van der Waals surface area contributed by atoms with Crippen LogP contribution in [0.5, 0.6) is 0 Å². The smallest absolute Gasteiger partial charge is 0.306 e. The van der Waals surface area contributed by atoms with Crippen LogP contribution >= 0.6 is 0 Å². The summed E-state index contributed by atoms with van der Waals surface area (Å²) in [6.45, 7) is 3.84. The lowest BCUT2D eigenvalue weighted by atomic mass is 9.95. The van der Waals surface area contributed by atoms with Gasteiger partial charge in [-0.05, 0) is 43.2 Å². The van der Waals surface area contributed by atoms with Crippen molar-refractivity contribution in [1.82, 2.24) is 4.31 Å². The highest BCUT2D eigenvalue weighted by Gasteiger charge is 2.37. The molecule has 0 N–H and O–H groups in total. The lowest BCUT2D eigenvalue weighted by Gasteiger charge is -2.33. The molecule has 3 rings (SSSR count). The average molecular weight is 391 g/mol. The number of carbonyl (C=O) groups is 1. The molecule has 0 spiro atoms. The zero-order valence-corrected chi connectivity index (χ0v) is 16.1. The summed E-state index contributed by atoms with van der Waals surface area (Å²) in [7, 11) is -3.70. The van der Waals surface area contributed by atoms with Crippen molar-refractivity contribution < 1.29 is 22.3 Å². The number of ether oxygens (including phenoxy) is 1. The van der Waals surface area contributed by atoms with Crippen LogP contribution in [0, 0.1) is 5.82 Å². The third-order valence-corrected chi connectivity index (χ3v) is 6.34. The van der Waals surface area contributed by atoms with Crippen LogP contribution in [0.2, 0.25) is 0 Å². The highest BCUT2D eigenvalue weighted by molar-refractivity contribution is 7.89. The monoisotopic (exact) mass is 391 g/mol. The van der Waals surface area contributed by atoms with E-state index in [-0.39, 0.29) is 48.2 Å². The first-order valence-corrected chi connectivity index (χ1v) is 10.2. The normalized spacial score (nSPS) is 18.9. The molecule has 0 amide bonds. The van der Waals surface area contributed by atoms with Gasteiger partial charge in [0.25, 0.3) is 0 Å². The van der Waals surface area contributed by atoms with E-state index in [2.05, 4.69) is 0 Å². The summed E-state index contributed by atoms with van der Waals surface area (Å²) in [4.78, 5) is 12.4. The molecule has 0 aliphatic carbocycles. The average Bonchev–Trinajstić information content (AvgIpc) is 2.60. The standard InChI is InChI=1S/C20H22FNO4S/c1-14(2)26-20(23)11-16-13-22(12-15-7-9-17(21)10-8-15)27(24,25)19-6-4-3-5-18(16)19/h3-10,14,16H,11-13H2,1-2H3. The summed E-state index contributed by atoms with van der Waals surface area (Å²) in [6.07, 6.45) is -0.125. The van der Waals surface area contributed by atoms with Gasteiger partial charge in [-0.25, -0.2) is 12.8 Å². The summed E-state index contributed by atoms with van der Waals surface area (Å²) in [5.74, 6) is -1.03. The van der Waals surface area contributed by atoms with Crippen molar-refractivity contribution in [2.75, 3.05) is 6.54 Å². The topological polar surface area (TPSA) is 63.7 Å². The van der Waals surface area contributed by atoms with Crippen LogP contribution in [-0.4, -0.2) is 31.3 Å². The summed E-state index contributed by atoms with van der Waals surface area (Å²) >= 11 is 0. The first-order valence-electron chi connectivity index (χ1n) is 8.80. The number of fused-ring (bicyclic) bond motifs is 1. The largest absolute Gasteiger partial charge is 0.463 e. The van der Waals surface area contributed by atoms with Crippen LogP contribution in [0.1, 0.15) is 37.3 Å². The molecular weight excluding hydrogens is 369 g/mol. The van der Waals surface area contributed by atoms with E-state index in [1.807, 2.05) is 0 Å². The van der Waals surface area contributed by atoms with Gasteiger partial charge in [0.2, 0.25) is 10.0 Å². The van der Waals surface area contributed by atoms with Crippen LogP contribution < -0.4 is 0 Å². The molecule has 144 valence electrons. The quantitative estimate of drug-likeness (QED) is 0.733. The van der Waals surface area contributed by atoms with Gasteiger partial charge < -0.3 is 4.74 Å². The summed E-state index contributed by atoms with van der Waals surface area (Å²) in [6, 6.07) is 12.5. The minimum absolute atomic E-state index is 0.102. The van der Waals surface area contributed by atoms with Crippen molar-refractivity contribution in [3.63, 3.8) is 0 Å². The van der Waals surface area contributed by atoms with Gasteiger partial charge in [-0.3, -0.25) is 4.79 Å². The Morgan fingerprint density at radius 2 is 1.85 bits per heavy atom. The number of sulfonamides is 1. The molecule has 0 radical (unpaired) electrons. The zero-order valence-electron chi connectivity index (χ0n) is 15.3. The van der Waals surface area contributed by atoms with Gasteiger partial charge in [0, 0.05) is 19.0 Å². The molecule has 0 saturated heterocycles. The fourth-order valence-corrected chi connectivity index (χ4v) is 5.02. The van der Waals surface area contributed by atoms with Crippen molar-refractivity contribution in [3.8, 4) is 0 Å². The van der Waals surface area contributed by atoms with Gasteiger partial charge >= 0.3 is 5.97 Å². The molecule has 2 aromatic carbocycles. The van der Waals surface area contributed by atoms with Gasteiger partial charge in [0.05, 0.1) is 17.4 Å². The number of esters is 1. The number of rotatable bonds is 5. The predicted molar refractivity (Wildman–Crippen MR) is 99.0 cm³/mol. The van der Waals surface area contributed by atoms with Crippen molar-refractivity contribution in [2.45, 2.75) is 43.7 Å². The van der Waals surface area contributed by atoms with E-state index in [1.54, 1.807) is 50.2 Å². The summed E-state index contributed by atoms with van der Waals surface area (Å²) < 4.78 is 45.8. The van der Waals surface area contributed by atoms with E-state index in [4.69, 9.17) is 4.74 Å². The Hall–Kier alpha value is -2.25. The summed E-state index contributed by atoms with van der Waals surface area (Å²) in [5, 5.41) is 0. The second kappa shape index (κ2) is 7.78. The fourth-order valence-electron chi connectivity index (χ4n) is 3.26. The molecule has 0 fully saturated rings. The minimum Gasteiger partial charge on any atom is -0.463 e. The van der Waals surface area contributed by atoms with Crippen molar-refractivity contribution in [3.05, 3.63) is 65.5 Å². The fraction of sp³-hybridized carbons (Fsp3) is 0.350. The second-order valence-electron chi connectivity index (χ2n) is 6.90. The second-order valence-corrected chi connectivity index (χ2v) is 8.81. The molecule has 1 aliphatic heterocycles. The Kier molecular flexibility index (Phi) is 5.62. The number of carbonyl (C=O) groups excluding carboxylic acids is 1. The van der Waals surface area contributed by atoms with Crippen LogP contribution in [0.4, 0.5) is 4.39 Å². The van der Waals surface area contributed by atoms with Gasteiger partial charge in [-0.1, -0.05) is 30.3 Å². The predicted octanol–water partition coefficient (Wildman–Crippen LogP) is 3.46. The number of benzene rings is 2. The van der Waals surface area contributed by atoms with Crippen molar-refractivity contribution in [2.24, 2.45) is 0 Å². The molecule has 27 heavy (non-hydrogen) atoms.